The van der Waals surface area contributed by atoms with Crippen LogP contribution in [0, 0.1) is 11.8 Å². The molecular weight excluding hydrogens is 344 g/mol. The van der Waals surface area contributed by atoms with E-state index in [4.69, 9.17) is 10.5 Å². The van der Waals surface area contributed by atoms with Crippen molar-refractivity contribution in [3.63, 3.8) is 0 Å². The van der Waals surface area contributed by atoms with Crippen molar-refractivity contribution in [1.29, 1.82) is 0 Å². The summed E-state index contributed by atoms with van der Waals surface area (Å²) in [5.74, 6) is 1.91. The molecule has 4 rings (SSSR count). The largest absolute Gasteiger partial charge is 0.449 e. The van der Waals surface area contributed by atoms with Gasteiger partial charge in [0.25, 0.3) is 0 Å². The third-order valence-electron chi connectivity index (χ3n) is 6.00. The number of nitrogens with zero attached hydrogens (tertiary/aromatic N) is 5. The summed E-state index contributed by atoms with van der Waals surface area (Å²) in [5, 5.41) is 0. The average molecular weight is 372 g/mol. The molecule has 8 heteroatoms. The van der Waals surface area contributed by atoms with Gasteiger partial charge in [0, 0.05) is 19.6 Å². The number of nitrogens with two attached hydrogens (primary N) is 1. The molecule has 1 saturated heterocycles. The van der Waals surface area contributed by atoms with Crippen molar-refractivity contribution in [2.75, 3.05) is 25.4 Å². The summed E-state index contributed by atoms with van der Waals surface area (Å²) in [5.41, 5.74) is 7.18. The summed E-state index contributed by atoms with van der Waals surface area (Å²) in [6.45, 7) is 2.94. The van der Waals surface area contributed by atoms with Crippen LogP contribution >= 0.6 is 0 Å². The summed E-state index contributed by atoms with van der Waals surface area (Å²) in [6.07, 6.45) is 11.1. The Labute approximate surface area is 159 Å². The molecule has 2 fully saturated rings. The SMILES string of the molecule is Nc1ncnc2c1ncn2CCCCOC(=O)N1CCC2CCCCC2C1. The Kier molecular flexibility index (Phi) is 5.40. The number of ether oxygens (including phenoxy) is 1. The molecule has 146 valence electrons. The summed E-state index contributed by atoms with van der Waals surface area (Å²) < 4.78 is 7.47. The Balaban J connectivity index is 1.19. The second kappa shape index (κ2) is 8.10. The summed E-state index contributed by atoms with van der Waals surface area (Å²) in [6, 6.07) is 0. The number of likely N-dealkylation sites (tertiary alicyclic amines) is 1. The number of rotatable bonds is 5. The molecule has 0 spiro atoms. The molecule has 1 aliphatic carbocycles. The van der Waals surface area contributed by atoms with Gasteiger partial charge in [0.05, 0.1) is 12.9 Å². The van der Waals surface area contributed by atoms with Gasteiger partial charge in [-0.2, -0.15) is 0 Å². The van der Waals surface area contributed by atoms with Gasteiger partial charge in [0.1, 0.15) is 11.8 Å². The second-order valence-corrected chi connectivity index (χ2v) is 7.73. The van der Waals surface area contributed by atoms with Gasteiger partial charge in [-0.15, -0.1) is 0 Å². The maximum absolute atomic E-state index is 12.3. The number of piperidine rings is 1. The van der Waals surface area contributed by atoms with Gasteiger partial charge >= 0.3 is 6.09 Å². The van der Waals surface area contributed by atoms with E-state index in [9.17, 15) is 4.79 Å². The minimum absolute atomic E-state index is 0.146. The zero-order valence-electron chi connectivity index (χ0n) is 15.7. The number of carbonyl (C=O) groups excluding carboxylic acids is 1. The maximum Gasteiger partial charge on any atom is 0.409 e. The maximum atomic E-state index is 12.3. The van der Waals surface area contributed by atoms with Crippen molar-refractivity contribution in [2.24, 2.45) is 11.8 Å². The predicted molar refractivity (Wildman–Crippen MR) is 102 cm³/mol. The number of aryl methyl sites for hydroxylation is 1. The van der Waals surface area contributed by atoms with Gasteiger partial charge in [-0.05, 0) is 37.5 Å². The molecule has 2 N–H and O–H groups in total. The fourth-order valence-electron chi connectivity index (χ4n) is 4.46. The van der Waals surface area contributed by atoms with Crippen LogP contribution in [0.1, 0.15) is 44.9 Å². The molecule has 8 nitrogen and oxygen atoms in total. The standard InChI is InChI=1S/C19H28N6O2/c20-17-16-18(22-12-21-17)25(13-23-16)8-3-4-10-27-19(26)24-9-7-14-5-1-2-6-15(14)11-24/h12-15H,1-11H2,(H2,20,21,22). The highest BCUT2D eigenvalue weighted by atomic mass is 16.6. The molecule has 0 aromatic carbocycles. The first kappa shape index (κ1) is 18.0. The summed E-state index contributed by atoms with van der Waals surface area (Å²) in [4.78, 5) is 26.7. The lowest BCUT2D eigenvalue weighted by Gasteiger charge is -2.40. The molecule has 2 aromatic heterocycles. The fraction of sp³-hybridized carbons (Fsp3) is 0.684. The smallest absolute Gasteiger partial charge is 0.409 e. The van der Waals surface area contributed by atoms with Crippen molar-refractivity contribution < 1.29 is 9.53 Å². The zero-order chi connectivity index (χ0) is 18.6. The highest BCUT2D eigenvalue weighted by Gasteiger charge is 2.33. The van der Waals surface area contributed by atoms with Crippen LogP contribution in [0.4, 0.5) is 10.6 Å². The lowest BCUT2D eigenvalue weighted by atomic mass is 9.75. The van der Waals surface area contributed by atoms with Crippen molar-refractivity contribution in [1.82, 2.24) is 24.4 Å². The Hall–Kier alpha value is -2.38. The topological polar surface area (TPSA) is 99.2 Å². The van der Waals surface area contributed by atoms with Crippen LogP contribution in [-0.4, -0.2) is 50.2 Å². The van der Waals surface area contributed by atoms with E-state index in [0.717, 1.165) is 50.5 Å². The number of hydrogen-bond acceptors (Lipinski definition) is 6. The third-order valence-corrected chi connectivity index (χ3v) is 6.00. The molecule has 2 unspecified atom stereocenters. The number of carbonyl (C=O) groups is 1. The van der Waals surface area contributed by atoms with E-state index in [1.807, 2.05) is 9.47 Å². The van der Waals surface area contributed by atoms with E-state index in [1.165, 1.54) is 32.0 Å². The van der Waals surface area contributed by atoms with E-state index < -0.39 is 0 Å². The zero-order valence-corrected chi connectivity index (χ0v) is 15.7. The average Bonchev–Trinajstić information content (AvgIpc) is 3.11. The number of imidazole rings is 1. The van der Waals surface area contributed by atoms with Gasteiger partial charge in [-0.3, -0.25) is 0 Å². The van der Waals surface area contributed by atoms with E-state index in [1.54, 1.807) is 6.33 Å². The normalized spacial score (nSPS) is 22.6. The summed E-state index contributed by atoms with van der Waals surface area (Å²) in [7, 11) is 0. The number of fused-ring (bicyclic) bond motifs is 2. The monoisotopic (exact) mass is 372 g/mol. The number of hydrogen-bond donors (Lipinski definition) is 1. The molecule has 3 heterocycles. The number of amides is 1. The molecule has 2 aliphatic rings. The Morgan fingerprint density at radius 2 is 2.00 bits per heavy atom. The first-order valence-electron chi connectivity index (χ1n) is 10.1. The van der Waals surface area contributed by atoms with E-state index >= 15 is 0 Å². The lowest BCUT2D eigenvalue weighted by molar-refractivity contribution is 0.0553. The molecule has 0 radical (unpaired) electrons. The molecule has 2 aromatic rings. The van der Waals surface area contributed by atoms with Crippen LogP contribution in [0.5, 0.6) is 0 Å². The van der Waals surface area contributed by atoms with Gasteiger partial charge in [-0.25, -0.2) is 19.7 Å². The van der Waals surface area contributed by atoms with Crippen LogP contribution in [0.3, 0.4) is 0 Å². The highest BCUT2D eigenvalue weighted by Crippen LogP contribution is 2.36. The van der Waals surface area contributed by atoms with Gasteiger partial charge in [-0.1, -0.05) is 19.3 Å². The van der Waals surface area contributed by atoms with Crippen LogP contribution in [0.25, 0.3) is 11.2 Å². The summed E-state index contributed by atoms with van der Waals surface area (Å²) >= 11 is 0. The van der Waals surface area contributed by atoms with Crippen molar-refractivity contribution in [2.45, 2.75) is 51.5 Å². The number of aromatic nitrogens is 4. The number of anilines is 1. The molecular formula is C19H28N6O2. The Morgan fingerprint density at radius 3 is 2.89 bits per heavy atom. The predicted octanol–water partition coefficient (Wildman–Crippen LogP) is 2.84. The fourth-order valence-corrected chi connectivity index (χ4v) is 4.46. The second-order valence-electron chi connectivity index (χ2n) is 7.73. The first-order valence-corrected chi connectivity index (χ1v) is 10.1. The third kappa shape index (κ3) is 3.99. The van der Waals surface area contributed by atoms with Crippen LogP contribution in [0.2, 0.25) is 0 Å². The van der Waals surface area contributed by atoms with Gasteiger partial charge < -0.3 is 19.9 Å². The molecule has 1 amide bonds. The van der Waals surface area contributed by atoms with E-state index in [-0.39, 0.29) is 6.09 Å². The van der Waals surface area contributed by atoms with Crippen molar-refractivity contribution >= 4 is 23.1 Å². The number of unbranched alkanes of at least 4 members (excludes halogenated alkanes) is 1. The highest BCUT2D eigenvalue weighted by molar-refractivity contribution is 5.81. The van der Waals surface area contributed by atoms with E-state index in [0.29, 0.717) is 23.9 Å². The van der Waals surface area contributed by atoms with Crippen molar-refractivity contribution in [3.8, 4) is 0 Å². The van der Waals surface area contributed by atoms with Gasteiger partial charge in [0.2, 0.25) is 0 Å². The minimum atomic E-state index is -0.146. The number of nitrogen functional groups attached to an aromatic ring is 1. The molecule has 27 heavy (non-hydrogen) atoms. The van der Waals surface area contributed by atoms with Crippen molar-refractivity contribution in [3.05, 3.63) is 12.7 Å². The van der Waals surface area contributed by atoms with E-state index in [2.05, 4.69) is 15.0 Å². The molecule has 1 aliphatic heterocycles. The molecule has 0 bridgehead atoms. The minimum Gasteiger partial charge on any atom is -0.449 e. The molecule has 1 saturated carbocycles. The van der Waals surface area contributed by atoms with Gasteiger partial charge in [0.15, 0.2) is 11.5 Å². The quantitative estimate of drug-likeness (QED) is 0.810. The van der Waals surface area contributed by atoms with Crippen LogP contribution in [0.15, 0.2) is 12.7 Å². The first-order chi connectivity index (χ1) is 13.2. The van der Waals surface area contributed by atoms with Crippen LogP contribution < -0.4 is 5.73 Å². The lowest BCUT2D eigenvalue weighted by Crippen LogP contribution is -2.45. The van der Waals surface area contributed by atoms with Crippen LogP contribution in [-0.2, 0) is 11.3 Å². The Bertz CT molecular complexity index is 792. The Morgan fingerprint density at radius 1 is 1.15 bits per heavy atom. The molecule has 2 atom stereocenters.